The van der Waals surface area contributed by atoms with E-state index in [-0.39, 0.29) is 24.4 Å². The summed E-state index contributed by atoms with van der Waals surface area (Å²) in [6.45, 7) is -0.0598. The van der Waals surface area contributed by atoms with Crippen LogP contribution in [0.4, 0.5) is 13.2 Å². The van der Waals surface area contributed by atoms with Crippen LogP contribution < -0.4 is 10.1 Å². The van der Waals surface area contributed by atoms with Gasteiger partial charge in [-0.25, -0.2) is 4.98 Å². The van der Waals surface area contributed by atoms with Gasteiger partial charge in [0.25, 0.3) is 5.91 Å². The van der Waals surface area contributed by atoms with Crippen molar-refractivity contribution in [2.75, 3.05) is 6.61 Å². The van der Waals surface area contributed by atoms with Crippen molar-refractivity contribution < 1.29 is 27.8 Å². The summed E-state index contributed by atoms with van der Waals surface area (Å²) in [5.74, 6) is 0.0333. The number of nitrogens with one attached hydrogen (secondary N) is 1. The molecule has 0 aliphatic rings. The van der Waals surface area contributed by atoms with Crippen LogP contribution in [-0.4, -0.2) is 22.6 Å². The van der Waals surface area contributed by atoms with Gasteiger partial charge >= 0.3 is 6.18 Å². The van der Waals surface area contributed by atoms with Crippen LogP contribution in [-0.2, 0) is 6.18 Å². The second-order valence-corrected chi connectivity index (χ2v) is 7.04. The molecule has 0 spiro atoms. The summed E-state index contributed by atoms with van der Waals surface area (Å²) in [5, 5.41) is 14.0. The van der Waals surface area contributed by atoms with Crippen molar-refractivity contribution in [3.8, 4) is 11.6 Å². The van der Waals surface area contributed by atoms with Gasteiger partial charge in [-0.05, 0) is 48.2 Å². The first-order chi connectivity index (χ1) is 13.9. The second kappa shape index (κ2) is 9.06. The Labute approximate surface area is 168 Å². The zero-order valence-corrected chi connectivity index (χ0v) is 15.8. The predicted molar refractivity (Wildman–Crippen MR) is 102 cm³/mol. The van der Waals surface area contributed by atoms with Crippen molar-refractivity contribution in [2.45, 2.75) is 18.6 Å². The van der Waals surface area contributed by atoms with E-state index in [2.05, 4.69) is 10.3 Å². The lowest BCUT2D eigenvalue weighted by atomic mass is 10.1. The van der Waals surface area contributed by atoms with Gasteiger partial charge in [-0.1, -0.05) is 6.07 Å². The molecule has 2 heterocycles. The maximum Gasteiger partial charge on any atom is 0.417 e. The van der Waals surface area contributed by atoms with E-state index in [0.29, 0.717) is 23.9 Å². The summed E-state index contributed by atoms with van der Waals surface area (Å²) in [5.41, 5.74) is -0.475. The van der Waals surface area contributed by atoms with Gasteiger partial charge in [-0.2, -0.15) is 13.2 Å². The average molecular weight is 422 g/mol. The standard InChI is InChI=1S/C20H17F3N2O3S/c21-20(22,23)14-5-8-18(24-12-14)28-15-6-3-13(4-7-15)19(27)25-16(9-10-26)17-2-1-11-29-17/h1-8,11-12,16,26H,9-10H2,(H,25,27). The maximum absolute atomic E-state index is 12.6. The Morgan fingerprint density at radius 1 is 1.17 bits per heavy atom. The summed E-state index contributed by atoms with van der Waals surface area (Å²) in [6, 6.07) is 11.6. The number of pyridine rings is 1. The van der Waals surface area contributed by atoms with Crippen LogP contribution in [0.5, 0.6) is 11.6 Å². The fourth-order valence-corrected chi connectivity index (χ4v) is 3.36. The van der Waals surface area contributed by atoms with Crippen LogP contribution in [0, 0.1) is 0 Å². The van der Waals surface area contributed by atoms with Crippen molar-refractivity contribution in [1.29, 1.82) is 0 Å². The molecule has 1 unspecified atom stereocenters. The first-order valence-corrected chi connectivity index (χ1v) is 9.51. The van der Waals surface area contributed by atoms with Crippen LogP contribution in [0.1, 0.15) is 33.3 Å². The molecule has 2 N–H and O–H groups in total. The number of aliphatic hydroxyl groups excluding tert-OH is 1. The largest absolute Gasteiger partial charge is 0.439 e. The Kier molecular flexibility index (Phi) is 6.50. The Hall–Kier alpha value is -2.91. The average Bonchev–Trinajstić information content (AvgIpc) is 3.22. The van der Waals surface area contributed by atoms with Crippen LogP contribution in [0.15, 0.2) is 60.1 Å². The van der Waals surface area contributed by atoms with E-state index in [1.807, 2.05) is 17.5 Å². The molecule has 1 amide bonds. The lowest BCUT2D eigenvalue weighted by Gasteiger charge is -2.16. The fraction of sp³-hybridized carbons (Fsp3) is 0.200. The number of halogens is 3. The normalized spacial score (nSPS) is 12.4. The molecule has 0 aliphatic heterocycles. The summed E-state index contributed by atoms with van der Waals surface area (Å²) in [7, 11) is 0. The van der Waals surface area contributed by atoms with Crippen LogP contribution in [0.25, 0.3) is 0 Å². The summed E-state index contributed by atoms with van der Waals surface area (Å²) >= 11 is 1.49. The minimum absolute atomic E-state index is 0.0101. The first-order valence-electron chi connectivity index (χ1n) is 8.63. The highest BCUT2D eigenvalue weighted by Gasteiger charge is 2.30. The van der Waals surface area contributed by atoms with E-state index in [1.54, 1.807) is 12.1 Å². The van der Waals surface area contributed by atoms with Gasteiger partial charge in [0.15, 0.2) is 0 Å². The smallest absolute Gasteiger partial charge is 0.417 e. The number of alkyl halides is 3. The first kappa shape index (κ1) is 20.8. The lowest BCUT2D eigenvalue weighted by molar-refractivity contribution is -0.137. The number of aromatic nitrogens is 1. The molecule has 3 aromatic rings. The molecule has 0 saturated carbocycles. The Morgan fingerprint density at radius 3 is 2.48 bits per heavy atom. The molecule has 1 atom stereocenters. The number of nitrogens with zero attached hydrogens (tertiary/aromatic N) is 1. The lowest BCUT2D eigenvalue weighted by Crippen LogP contribution is -2.28. The number of rotatable bonds is 7. The second-order valence-electron chi connectivity index (χ2n) is 6.06. The molecular weight excluding hydrogens is 405 g/mol. The molecule has 152 valence electrons. The minimum Gasteiger partial charge on any atom is -0.439 e. The number of carbonyl (C=O) groups excluding carboxylic acids is 1. The highest BCUT2D eigenvalue weighted by Crippen LogP contribution is 2.30. The van der Waals surface area contributed by atoms with E-state index >= 15 is 0 Å². The molecule has 9 heteroatoms. The number of hydrogen-bond acceptors (Lipinski definition) is 5. The van der Waals surface area contributed by atoms with Crippen molar-refractivity contribution >= 4 is 17.2 Å². The van der Waals surface area contributed by atoms with Crippen LogP contribution in [0.3, 0.4) is 0 Å². The molecule has 2 aromatic heterocycles. The molecule has 1 aromatic carbocycles. The number of aliphatic hydroxyl groups is 1. The minimum atomic E-state index is -4.46. The monoisotopic (exact) mass is 422 g/mol. The van der Waals surface area contributed by atoms with Gasteiger partial charge in [-0.15, -0.1) is 11.3 Å². The zero-order chi connectivity index (χ0) is 20.9. The van der Waals surface area contributed by atoms with E-state index in [4.69, 9.17) is 4.74 Å². The van der Waals surface area contributed by atoms with Crippen LogP contribution in [0.2, 0.25) is 0 Å². The number of carbonyl (C=O) groups is 1. The van der Waals surface area contributed by atoms with Crippen LogP contribution >= 0.6 is 11.3 Å². The molecular formula is C20H17F3N2O3S. The highest BCUT2D eigenvalue weighted by molar-refractivity contribution is 7.10. The van der Waals surface area contributed by atoms with Gasteiger partial charge < -0.3 is 15.2 Å². The molecule has 5 nitrogen and oxygen atoms in total. The van der Waals surface area contributed by atoms with Crippen molar-refractivity contribution in [3.05, 3.63) is 76.1 Å². The third-order valence-corrected chi connectivity index (χ3v) is 5.00. The van der Waals surface area contributed by atoms with Gasteiger partial charge in [0.1, 0.15) is 5.75 Å². The van der Waals surface area contributed by atoms with Crippen molar-refractivity contribution in [2.24, 2.45) is 0 Å². The fourth-order valence-electron chi connectivity index (χ4n) is 2.55. The van der Waals surface area contributed by atoms with Gasteiger partial charge in [0, 0.05) is 29.3 Å². The number of hydrogen-bond donors (Lipinski definition) is 2. The number of ether oxygens (including phenoxy) is 1. The SMILES string of the molecule is O=C(NC(CCO)c1cccs1)c1ccc(Oc2ccc(C(F)(F)F)cn2)cc1. The summed E-state index contributed by atoms with van der Waals surface area (Å²) in [6.07, 6.45) is -3.37. The molecule has 29 heavy (non-hydrogen) atoms. The zero-order valence-electron chi connectivity index (χ0n) is 15.0. The summed E-state index contributed by atoms with van der Waals surface area (Å²) in [4.78, 5) is 17.1. The maximum atomic E-state index is 12.6. The third-order valence-electron chi connectivity index (χ3n) is 4.01. The Balaban J connectivity index is 1.64. The van der Waals surface area contributed by atoms with E-state index < -0.39 is 11.7 Å². The Bertz CT molecular complexity index is 927. The topological polar surface area (TPSA) is 71.5 Å². The van der Waals surface area contributed by atoms with Crippen molar-refractivity contribution in [3.63, 3.8) is 0 Å². The molecule has 0 bridgehead atoms. The molecule has 0 saturated heterocycles. The number of thiophene rings is 1. The number of amides is 1. The molecule has 0 radical (unpaired) electrons. The predicted octanol–water partition coefficient (Wildman–Crippen LogP) is 4.81. The van der Waals surface area contributed by atoms with E-state index in [9.17, 15) is 23.1 Å². The van der Waals surface area contributed by atoms with E-state index in [0.717, 1.165) is 17.0 Å². The molecule has 0 fully saturated rings. The van der Waals surface area contributed by atoms with Gasteiger partial charge in [-0.3, -0.25) is 4.79 Å². The third kappa shape index (κ3) is 5.55. The van der Waals surface area contributed by atoms with Crippen molar-refractivity contribution in [1.82, 2.24) is 10.3 Å². The highest BCUT2D eigenvalue weighted by atomic mass is 32.1. The number of benzene rings is 1. The molecule has 0 aliphatic carbocycles. The quantitative estimate of drug-likeness (QED) is 0.573. The Morgan fingerprint density at radius 2 is 1.93 bits per heavy atom. The van der Waals surface area contributed by atoms with Gasteiger partial charge in [0.2, 0.25) is 5.88 Å². The van der Waals surface area contributed by atoms with Gasteiger partial charge in [0.05, 0.1) is 11.6 Å². The molecule has 3 rings (SSSR count). The van der Waals surface area contributed by atoms with E-state index in [1.165, 1.54) is 23.5 Å². The summed E-state index contributed by atoms with van der Waals surface area (Å²) < 4.78 is 43.1.